The van der Waals surface area contributed by atoms with Crippen molar-refractivity contribution in [1.82, 2.24) is 10.3 Å². The maximum atomic E-state index is 11.3. The standard InChI is InChI=1S/C12H17N3O3/c16-11(5-3-6-12(17)18)15-9-8-14-10-4-1-2-7-13-10/h1-2,4,7H,3,5-6,8-9H2,(H,13,14)(H,15,16)(H,17,18). The van der Waals surface area contributed by atoms with E-state index in [4.69, 9.17) is 5.11 Å². The molecule has 1 aromatic heterocycles. The second-order valence-corrected chi connectivity index (χ2v) is 3.74. The van der Waals surface area contributed by atoms with E-state index in [0.717, 1.165) is 5.82 Å². The Morgan fingerprint density at radius 2 is 2.06 bits per heavy atom. The molecule has 1 rings (SSSR count). The summed E-state index contributed by atoms with van der Waals surface area (Å²) in [4.78, 5) is 25.6. The van der Waals surface area contributed by atoms with Crippen LogP contribution in [0.1, 0.15) is 19.3 Å². The molecule has 0 saturated carbocycles. The summed E-state index contributed by atoms with van der Waals surface area (Å²) in [5.74, 6) is -0.240. The zero-order valence-corrected chi connectivity index (χ0v) is 10.1. The van der Waals surface area contributed by atoms with Crippen LogP contribution in [-0.4, -0.2) is 35.1 Å². The quantitative estimate of drug-likeness (QED) is 0.596. The molecular weight excluding hydrogens is 234 g/mol. The number of carbonyl (C=O) groups is 2. The molecule has 0 unspecified atom stereocenters. The number of carboxylic acid groups (broad SMARTS) is 1. The number of carboxylic acids is 1. The van der Waals surface area contributed by atoms with Gasteiger partial charge in [-0.2, -0.15) is 0 Å². The van der Waals surface area contributed by atoms with Crippen LogP contribution in [0.5, 0.6) is 0 Å². The van der Waals surface area contributed by atoms with Crippen LogP contribution in [0, 0.1) is 0 Å². The summed E-state index contributed by atoms with van der Waals surface area (Å²) in [6.07, 6.45) is 2.33. The lowest BCUT2D eigenvalue weighted by Crippen LogP contribution is -2.28. The van der Waals surface area contributed by atoms with Gasteiger partial charge in [-0.3, -0.25) is 9.59 Å². The Morgan fingerprint density at radius 3 is 2.72 bits per heavy atom. The lowest BCUT2D eigenvalue weighted by atomic mass is 10.2. The van der Waals surface area contributed by atoms with Crippen LogP contribution in [0.2, 0.25) is 0 Å². The predicted octanol–water partition coefficient (Wildman–Crippen LogP) is 0.865. The van der Waals surface area contributed by atoms with Gasteiger partial charge in [0.25, 0.3) is 0 Å². The summed E-state index contributed by atoms with van der Waals surface area (Å²) in [7, 11) is 0. The third-order valence-electron chi connectivity index (χ3n) is 2.21. The van der Waals surface area contributed by atoms with Gasteiger partial charge in [0.05, 0.1) is 0 Å². The Labute approximate surface area is 105 Å². The predicted molar refractivity (Wildman–Crippen MR) is 67.2 cm³/mol. The number of rotatable bonds is 8. The molecular formula is C12H17N3O3. The highest BCUT2D eigenvalue weighted by molar-refractivity contribution is 5.76. The van der Waals surface area contributed by atoms with Crippen molar-refractivity contribution in [2.45, 2.75) is 19.3 Å². The van der Waals surface area contributed by atoms with Crippen molar-refractivity contribution >= 4 is 17.7 Å². The van der Waals surface area contributed by atoms with Gasteiger partial charge >= 0.3 is 5.97 Å². The molecule has 0 spiro atoms. The van der Waals surface area contributed by atoms with Gasteiger partial charge in [-0.15, -0.1) is 0 Å². The van der Waals surface area contributed by atoms with Gasteiger partial charge in [-0.05, 0) is 18.6 Å². The zero-order valence-electron chi connectivity index (χ0n) is 10.1. The molecule has 0 aromatic carbocycles. The molecule has 6 heteroatoms. The van der Waals surface area contributed by atoms with Gasteiger partial charge in [0, 0.05) is 32.1 Å². The van der Waals surface area contributed by atoms with E-state index in [9.17, 15) is 9.59 Å². The van der Waals surface area contributed by atoms with Crippen LogP contribution >= 0.6 is 0 Å². The van der Waals surface area contributed by atoms with Crippen molar-refractivity contribution in [3.8, 4) is 0 Å². The SMILES string of the molecule is O=C(O)CCCC(=O)NCCNc1ccccn1. The summed E-state index contributed by atoms with van der Waals surface area (Å²) in [5.41, 5.74) is 0. The molecule has 0 aliphatic carbocycles. The van der Waals surface area contributed by atoms with E-state index < -0.39 is 5.97 Å². The Morgan fingerprint density at radius 1 is 1.22 bits per heavy atom. The van der Waals surface area contributed by atoms with Crippen molar-refractivity contribution < 1.29 is 14.7 Å². The van der Waals surface area contributed by atoms with Gasteiger partial charge < -0.3 is 15.7 Å². The van der Waals surface area contributed by atoms with Crippen molar-refractivity contribution in [3.63, 3.8) is 0 Å². The van der Waals surface area contributed by atoms with E-state index >= 15 is 0 Å². The first kappa shape index (κ1) is 14.0. The van der Waals surface area contributed by atoms with E-state index in [1.165, 1.54) is 0 Å². The lowest BCUT2D eigenvalue weighted by Gasteiger charge is -2.06. The molecule has 0 atom stereocenters. The number of pyridine rings is 1. The fourth-order valence-corrected chi connectivity index (χ4v) is 1.35. The first-order chi connectivity index (χ1) is 8.68. The van der Waals surface area contributed by atoms with E-state index in [1.807, 2.05) is 18.2 Å². The maximum Gasteiger partial charge on any atom is 0.303 e. The summed E-state index contributed by atoms with van der Waals surface area (Å²) in [6.45, 7) is 1.07. The van der Waals surface area contributed by atoms with Crippen molar-refractivity contribution in [2.24, 2.45) is 0 Å². The molecule has 0 saturated heterocycles. The van der Waals surface area contributed by atoms with E-state index in [0.29, 0.717) is 19.5 Å². The van der Waals surface area contributed by atoms with Crippen LogP contribution in [-0.2, 0) is 9.59 Å². The maximum absolute atomic E-state index is 11.3. The zero-order chi connectivity index (χ0) is 13.2. The Kier molecular flexibility index (Phi) is 6.24. The topological polar surface area (TPSA) is 91.3 Å². The third kappa shape index (κ3) is 6.47. The van der Waals surface area contributed by atoms with Crippen LogP contribution < -0.4 is 10.6 Å². The highest BCUT2D eigenvalue weighted by Gasteiger charge is 2.02. The molecule has 1 heterocycles. The Bertz CT molecular complexity index is 381. The molecule has 6 nitrogen and oxygen atoms in total. The summed E-state index contributed by atoms with van der Waals surface area (Å²) in [5, 5.41) is 14.2. The average molecular weight is 251 g/mol. The molecule has 1 aromatic rings. The summed E-state index contributed by atoms with van der Waals surface area (Å²) >= 11 is 0. The number of carbonyl (C=O) groups excluding carboxylic acids is 1. The number of amides is 1. The Hall–Kier alpha value is -2.11. The smallest absolute Gasteiger partial charge is 0.303 e. The number of hydrogen-bond acceptors (Lipinski definition) is 4. The fourth-order valence-electron chi connectivity index (χ4n) is 1.35. The van der Waals surface area contributed by atoms with Crippen molar-refractivity contribution in [1.29, 1.82) is 0 Å². The molecule has 0 bridgehead atoms. The van der Waals surface area contributed by atoms with Gasteiger partial charge in [-0.25, -0.2) is 4.98 Å². The molecule has 1 amide bonds. The second-order valence-electron chi connectivity index (χ2n) is 3.74. The van der Waals surface area contributed by atoms with E-state index in [2.05, 4.69) is 15.6 Å². The lowest BCUT2D eigenvalue weighted by molar-refractivity contribution is -0.137. The van der Waals surface area contributed by atoms with E-state index in [1.54, 1.807) is 6.20 Å². The van der Waals surface area contributed by atoms with E-state index in [-0.39, 0.29) is 18.7 Å². The number of nitrogens with zero attached hydrogens (tertiary/aromatic N) is 1. The summed E-state index contributed by atoms with van der Waals surface area (Å²) < 4.78 is 0. The van der Waals surface area contributed by atoms with Gasteiger partial charge in [0.15, 0.2) is 0 Å². The fraction of sp³-hybridized carbons (Fsp3) is 0.417. The van der Waals surface area contributed by atoms with Crippen LogP contribution in [0.4, 0.5) is 5.82 Å². The summed E-state index contributed by atoms with van der Waals surface area (Å²) in [6, 6.07) is 5.55. The van der Waals surface area contributed by atoms with Crippen molar-refractivity contribution in [3.05, 3.63) is 24.4 Å². The number of anilines is 1. The molecule has 0 radical (unpaired) electrons. The van der Waals surface area contributed by atoms with Gasteiger partial charge in [-0.1, -0.05) is 6.07 Å². The number of aliphatic carboxylic acids is 1. The average Bonchev–Trinajstić information content (AvgIpc) is 2.35. The van der Waals surface area contributed by atoms with Gasteiger partial charge in [0.1, 0.15) is 5.82 Å². The highest BCUT2D eigenvalue weighted by atomic mass is 16.4. The third-order valence-corrected chi connectivity index (χ3v) is 2.21. The monoisotopic (exact) mass is 251 g/mol. The number of nitrogens with one attached hydrogen (secondary N) is 2. The number of aromatic nitrogens is 1. The normalized spacial score (nSPS) is 9.78. The van der Waals surface area contributed by atoms with Crippen LogP contribution in [0.15, 0.2) is 24.4 Å². The largest absolute Gasteiger partial charge is 0.481 e. The minimum atomic E-state index is -0.875. The highest BCUT2D eigenvalue weighted by Crippen LogP contribution is 1.98. The number of hydrogen-bond donors (Lipinski definition) is 3. The minimum absolute atomic E-state index is 0.0274. The van der Waals surface area contributed by atoms with Crippen LogP contribution in [0.25, 0.3) is 0 Å². The second kappa shape index (κ2) is 8.05. The first-order valence-electron chi connectivity index (χ1n) is 5.82. The molecule has 0 aliphatic rings. The van der Waals surface area contributed by atoms with Crippen LogP contribution in [0.3, 0.4) is 0 Å². The van der Waals surface area contributed by atoms with Gasteiger partial charge in [0.2, 0.25) is 5.91 Å². The molecule has 0 fully saturated rings. The molecule has 98 valence electrons. The van der Waals surface area contributed by atoms with Crippen molar-refractivity contribution in [2.75, 3.05) is 18.4 Å². The first-order valence-corrected chi connectivity index (χ1v) is 5.82. The Balaban J connectivity index is 2.04. The minimum Gasteiger partial charge on any atom is -0.481 e. The molecule has 18 heavy (non-hydrogen) atoms. The molecule has 3 N–H and O–H groups in total. The molecule has 0 aliphatic heterocycles.